The van der Waals surface area contributed by atoms with Gasteiger partial charge in [-0.05, 0) is 52.6 Å². The van der Waals surface area contributed by atoms with Crippen LogP contribution >= 0.6 is 11.6 Å². The molecule has 1 heteroatoms. The summed E-state index contributed by atoms with van der Waals surface area (Å²) in [5.41, 5.74) is 4.05. The first kappa shape index (κ1) is 14.4. The van der Waals surface area contributed by atoms with E-state index in [1.807, 2.05) is 0 Å². The molecule has 0 nitrogen and oxygen atoms in total. The summed E-state index contributed by atoms with van der Waals surface area (Å²) in [5.74, 6) is 0.434. The van der Waals surface area contributed by atoms with Crippen LogP contribution in [-0.2, 0) is 0 Å². The van der Waals surface area contributed by atoms with Crippen LogP contribution in [0.2, 0.25) is 5.02 Å². The van der Waals surface area contributed by atoms with Gasteiger partial charge in [-0.15, -0.1) is 0 Å². The lowest BCUT2D eigenvalue weighted by atomic mass is 9.75. The lowest BCUT2D eigenvalue weighted by Gasteiger charge is -2.31. The molecule has 0 aliphatic heterocycles. The quantitative estimate of drug-likeness (QED) is 0.576. The second kappa shape index (κ2) is 4.83. The van der Waals surface area contributed by atoms with E-state index in [0.717, 1.165) is 5.02 Å². The van der Waals surface area contributed by atoms with Gasteiger partial charge < -0.3 is 0 Å². The molecule has 0 aromatic heterocycles. The van der Waals surface area contributed by atoms with Gasteiger partial charge >= 0.3 is 0 Å². The summed E-state index contributed by atoms with van der Waals surface area (Å²) in [6, 6.07) is 8.55. The van der Waals surface area contributed by atoms with Crippen molar-refractivity contribution in [2.24, 2.45) is 5.41 Å². The standard InChI is InChI=1S/C18H23Cl/c1-11-14-9-7-8-10-15(14)12(2)17(19)16(11)13(3)18(4,5)6/h7-10,13H,1-6H3. The van der Waals surface area contributed by atoms with Crippen LogP contribution in [0.5, 0.6) is 0 Å². The van der Waals surface area contributed by atoms with E-state index in [4.69, 9.17) is 11.6 Å². The van der Waals surface area contributed by atoms with Gasteiger partial charge in [-0.3, -0.25) is 0 Å². The number of aryl methyl sites for hydroxylation is 2. The summed E-state index contributed by atoms with van der Waals surface area (Å²) < 4.78 is 0. The average molecular weight is 275 g/mol. The first-order valence-electron chi connectivity index (χ1n) is 6.92. The Morgan fingerprint density at radius 2 is 1.42 bits per heavy atom. The highest BCUT2D eigenvalue weighted by Crippen LogP contribution is 2.43. The Balaban J connectivity index is 2.83. The number of halogens is 1. The number of fused-ring (bicyclic) bond motifs is 1. The fraction of sp³-hybridized carbons (Fsp3) is 0.444. The fourth-order valence-electron chi connectivity index (χ4n) is 2.71. The van der Waals surface area contributed by atoms with Gasteiger partial charge in [-0.1, -0.05) is 63.6 Å². The van der Waals surface area contributed by atoms with Crippen LogP contribution < -0.4 is 0 Å². The van der Waals surface area contributed by atoms with Gasteiger partial charge in [0.2, 0.25) is 0 Å². The van der Waals surface area contributed by atoms with Crippen molar-refractivity contribution in [1.82, 2.24) is 0 Å². The Bertz CT molecular complexity index is 618. The van der Waals surface area contributed by atoms with Crippen LogP contribution in [0.1, 0.15) is 50.3 Å². The Hall–Kier alpha value is -1.01. The smallest absolute Gasteiger partial charge is 0.0479 e. The molecule has 0 amide bonds. The maximum atomic E-state index is 6.68. The Kier molecular flexibility index (Phi) is 3.66. The number of benzene rings is 2. The van der Waals surface area contributed by atoms with Crippen LogP contribution in [0, 0.1) is 19.3 Å². The third kappa shape index (κ3) is 2.39. The molecule has 0 aliphatic rings. The second-order valence-electron chi connectivity index (χ2n) is 6.61. The highest BCUT2D eigenvalue weighted by Gasteiger charge is 2.26. The van der Waals surface area contributed by atoms with Crippen molar-refractivity contribution in [2.75, 3.05) is 0 Å². The van der Waals surface area contributed by atoms with Crippen LogP contribution in [0.4, 0.5) is 0 Å². The molecule has 0 bridgehead atoms. The lowest BCUT2D eigenvalue weighted by Crippen LogP contribution is -2.17. The van der Waals surface area contributed by atoms with Gasteiger partial charge in [-0.2, -0.15) is 0 Å². The van der Waals surface area contributed by atoms with Crippen molar-refractivity contribution in [1.29, 1.82) is 0 Å². The van der Waals surface area contributed by atoms with Crippen LogP contribution in [-0.4, -0.2) is 0 Å². The molecule has 1 unspecified atom stereocenters. The van der Waals surface area contributed by atoms with Crippen molar-refractivity contribution in [3.63, 3.8) is 0 Å². The first-order chi connectivity index (χ1) is 8.75. The topological polar surface area (TPSA) is 0 Å². The Morgan fingerprint density at radius 1 is 0.947 bits per heavy atom. The number of rotatable bonds is 1. The average Bonchev–Trinajstić information content (AvgIpc) is 2.35. The summed E-state index contributed by atoms with van der Waals surface area (Å²) in [6.07, 6.45) is 0. The molecule has 0 radical (unpaired) electrons. The van der Waals surface area contributed by atoms with Gasteiger partial charge in [0, 0.05) is 5.02 Å². The Morgan fingerprint density at radius 3 is 1.89 bits per heavy atom. The summed E-state index contributed by atoms with van der Waals surface area (Å²) in [7, 11) is 0. The predicted octanol–water partition coefficient (Wildman–Crippen LogP) is 6.26. The zero-order chi connectivity index (χ0) is 14.4. The fourth-order valence-corrected chi connectivity index (χ4v) is 3.12. The largest absolute Gasteiger partial charge is 0.0837 e. The van der Waals surface area contributed by atoms with Gasteiger partial charge in [0.15, 0.2) is 0 Å². The van der Waals surface area contributed by atoms with E-state index >= 15 is 0 Å². The monoisotopic (exact) mass is 274 g/mol. The second-order valence-corrected chi connectivity index (χ2v) is 6.99. The molecule has 2 rings (SSSR count). The molecule has 102 valence electrons. The maximum absolute atomic E-state index is 6.68. The third-order valence-electron chi connectivity index (χ3n) is 4.44. The molecule has 1 atom stereocenters. The molecule has 0 heterocycles. The highest BCUT2D eigenvalue weighted by atomic mass is 35.5. The van der Waals surface area contributed by atoms with Gasteiger partial charge in [0.05, 0.1) is 0 Å². The molecule has 0 spiro atoms. The summed E-state index contributed by atoms with van der Waals surface area (Å²) in [4.78, 5) is 0. The molecule has 0 fully saturated rings. The van der Waals surface area contributed by atoms with Gasteiger partial charge in [0.25, 0.3) is 0 Å². The van der Waals surface area contributed by atoms with Gasteiger partial charge in [0.1, 0.15) is 0 Å². The molecular formula is C18H23Cl. The van der Waals surface area contributed by atoms with Gasteiger partial charge in [-0.25, -0.2) is 0 Å². The first-order valence-corrected chi connectivity index (χ1v) is 7.30. The van der Waals surface area contributed by atoms with Crippen molar-refractivity contribution in [3.05, 3.63) is 46.0 Å². The SMILES string of the molecule is Cc1c(Cl)c(C(C)C(C)(C)C)c(C)c2ccccc12. The molecule has 19 heavy (non-hydrogen) atoms. The van der Waals surface area contributed by atoms with E-state index in [9.17, 15) is 0 Å². The molecule has 0 saturated heterocycles. The van der Waals surface area contributed by atoms with E-state index in [0.29, 0.717) is 5.92 Å². The maximum Gasteiger partial charge on any atom is 0.0479 e. The van der Waals surface area contributed by atoms with Crippen LogP contribution in [0.3, 0.4) is 0 Å². The molecule has 0 aliphatic carbocycles. The van der Waals surface area contributed by atoms with E-state index in [1.165, 1.54) is 27.5 Å². The predicted molar refractivity (Wildman–Crippen MR) is 86.3 cm³/mol. The highest BCUT2D eigenvalue weighted by molar-refractivity contribution is 6.33. The molecular weight excluding hydrogens is 252 g/mol. The minimum Gasteiger partial charge on any atom is -0.0837 e. The zero-order valence-corrected chi connectivity index (χ0v) is 13.5. The molecule has 2 aromatic carbocycles. The van der Waals surface area contributed by atoms with Crippen LogP contribution in [0.25, 0.3) is 10.8 Å². The normalized spacial score (nSPS) is 13.8. The number of hydrogen-bond acceptors (Lipinski definition) is 0. The summed E-state index contributed by atoms with van der Waals surface area (Å²) in [6.45, 7) is 13.4. The van der Waals surface area contributed by atoms with Crippen molar-refractivity contribution >= 4 is 22.4 Å². The molecule has 0 saturated carbocycles. The summed E-state index contributed by atoms with van der Waals surface area (Å²) in [5, 5.41) is 3.55. The van der Waals surface area contributed by atoms with Crippen molar-refractivity contribution < 1.29 is 0 Å². The molecule has 2 aromatic rings. The minimum atomic E-state index is 0.212. The molecule has 0 N–H and O–H groups in total. The number of hydrogen-bond donors (Lipinski definition) is 0. The Labute approximate surface area is 121 Å². The van der Waals surface area contributed by atoms with Crippen LogP contribution in [0.15, 0.2) is 24.3 Å². The van der Waals surface area contributed by atoms with E-state index in [-0.39, 0.29) is 5.41 Å². The van der Waals surface area contributed by atoms with E-state index in [1.54, 1.807) is 0 Å². The summed E-state index contributed by atoms with van der Waals surface area (Å²) >= 11 is 6.68. The van der Waals surface area contributed by atoms with E-state index < -0.39 is 0 Å². The van der Waals surface area contributed by atoms with Crippen molar-refractivity contribution in [2.45, 2.75) is 47.5 Å². The minimum absolute atomic E-state index is 0.212. The van der Waals surface area contributed by atoms with E-state index in [2.05, 4.69) is 65.8 Å². The lowest BCUT2D eigenvalue weighted by molar-refractivity contribution is 0.339. The third-order valence-corrected chi connectivity index (χ3v) is 4.92. The zero-order valence-electron chi connectivity index (χ0n) is 12.8. The van der Waals surface area contributed by atoms with Crippen molar-refractivity contribution in [3.8, 4) is 0 Å².